The van der Waals surface area contributed by atoms with Gasteiger partial charge in [-0.2, -0.15) is 10.2 Å². The van der Waals surface area contributed by atoms with Crippen molar-refractivity contribution in [2.24, 2.45) is 0 Å². The monoisotopic (exact) mass is 374 g/mol. The Bertz CT molecular complexity index is 839. The van der Waals surface area contributed by atoms with Crippen molar-refractivity contribution in [2.45, 2.75) is 26.6 Å². The third kappa shape index (κ3) is 5.04. The highest BCUT2D eigenvalue weighted by atomic mass is 35.5. The van der Waals surface area contributed by atoms with E-state index in [-0.39, 0.29) is 0 Å². The predicted molar refractivity (Wildman–Crippen MR) is 104 cm³/mol. The minimum absolute atomic E-state index is 0.539. The van der Waals surface area contributed by atoms with Crippen LogP contribution in [0.5, 0.6) is 0 Å². The molecule has 0 atom stereocenters. The van der Waals surface area contributed by atoms with Crippen molar-refractivity contribution in [1.82, 2.24) is 24.9 Å². The summed E-state index contributed by atoms with van der Waals surface area (Å²) in [5, 5.41) is 16.3. The van der Waals surface area contributed by atoms with Crippen molar-refractivity contribution in [2.75, 3.05) is 5.32 Å². The van der Waals surface area contributed by atoms with Gasteiger partial charge in [0.2, 0.25) is 0 Å². The largest absolute Gasteiger partial charge is 0.357 e. The fourth-order valence-corrected chi connectivity index (χ4v) is 2.63. The van der Waals surface area contributed by atoms with Gasteiger partial charge in [-0.3, -0.25) is 9.36 Å². The fourth-order valence-electron chi connectivity index (χ4n) is 2.31. The highest BCUT2D eigenvalue weighted by Crippen LogP contribution is 2.12. The molecule has 3 aromatic rings. The van der Waals surface area contributed by atoms with E-state index >= 15 is 0 Å². The van der Waals surface area contributed by atoms with Gasteiger partial charge in [0, 0.05) is 24.0 Å². The van der Waals surface area contributed by atoms with Gasteiger partial charge in [-0.15, -0.1) is 0 Å². The van der Waals surface area contributed by atoms with Crippen LogP contribution in [0.2, 0.25) is 5.02 Å². The van der Waals surface area contributed by atoms with E-state index in [0.29, 0.717) is 18.2 Å². The number of nitrogens with one attached hydrogen (secondary N) is 2. The van der Waals surface area contributed by atoms with E-state index in [2.05, 4.69) is 27.8 Å². The third-order valence-electron chi connectivity index (χ3n) is 3.60. The Morgan fingerprint density at radius 1 is 1.20 bits per heavy atom. The number of rotatable bonds is 6. The van der Waals surface area contributed by atoms with Gasteiger partial charge in [-0.25, -0.2) is 0 Å². The number of anilines is 1. The lowest BCUT2D eigenvalue weighted by atomic mass is 10.2. The maximum absolute atomic E-state index is 5.90. The molecule has 0 bridgehead atoms. The molecule has 6 nitrogen and oxygen atoms in total. The zero-order chi connectivity index (χ0) is 17.6. The average molecular weight is 375 g/mol. The van der Waals surface area contributed by atoms with Crippen LogP contribution in [-0.4, -0.2) is 24.7 Å². The molecule has 0 fully saturated rings. The van der Waals surface area contributed by atoms with E-state index in [0.717, 1.165) is 28.5 Å². The Morgan fingerprint density at radius 2 is 2.00 bits per heavy atom. The number of aromatic nitrogens is 4. The Labute approximate surface area is 156 Å². The van der Waals surface area contributed by atoms with Crippen LogP contribution >= 0.6 is 23.8 Å². The third-order valence-corrected chi connectivity index (χ3v) is 4.10. The minimum atomic E-state index is 0.539. The highest BCUT2D eigenvalue weighted by molar-refractivity contribution is 7.80. The summed E-state index contributed by atoms with van der Waals surface area (Å²) in [4.78, 5) is 0. The second-order valence-corrected chi connectivity index (χ2v) is 6.37. The summed E-state index contributed by atoms with van der Waals surface area (Å²) in [6.45, 7) is 4.17. The molecule has 0 aliphatic heterocycles. The van der Waals surface area contributed by atoms with E-state index in [9.17, 15) is 0 Å². The van der Waals surface area contributed by atoms with Crippen molar-refractivity contribution in [3.05, 3.63) is 65.2 Å². The van der Waals surface area contributed by atoms with E-state index < -0.39 is 0 Å². The van der Waals surface area contributed by atoms with Gasteiger partial charge < -0.3 is 10.6 Å². The first-order chi connectivity index (χ1) is 12.1. The molecule has 0 spiro atoms. The van der Waals surface area contributed by atoms with Crippen molar-refractivity contribution in [3.63, 3.8) is 0 Å². The molecule has 1 aromatic carbocycles. The second-order valence-electron chi connectivity index (χ2n) is 5.52. The lowest BCUT2D eigenvalue weighted by molar-refractivity contribution is 0.643. The summed E-state index contributed by atoms with van der Waals surface area (Å²) in [5.41, 5.74) is 2.92. The fraction of sp³-hybridized carbons (Fsp3) is 0.235. The van der Waals surface area contributed by atoms with Crippen LogP contribution in [0.1, 0.15) is 18.2 Å². The number of thiocarbonyl (C=S) groups is 1. The summed E-state index contributed by atoms with van der Waals surface area (Å²) in [6.07, 6.45) is 5.61. The summed E-state index contributed by atoms with van der Waals surface area (Å²) in [6, 6.07) is 9.69. The number of nitrogens with zero attached hydrogens (tertiary/aromatic N) is 4. The van der Waals surface area contributed by atoms with Crippen LogP contribution in [-0.2, 0) is 19.6 Å². The quantitative estimate of drug-likeness (QED) is 0.648. The normalized spacial score (nSPS) is 10.6. The maximum atomic E-state index is 5.90. The van der Waals surface area contributed by atoms with Gasteiger partial charge in [0.1, 0.15) is 0 Å². The summed E-state index contributed by atoms with van der Waals surface area (Å²) >= 11 is 11.2. The second kappa shape index (κ2) is 8.13. The van der Waals surface area contributed by atoms with Crippen molar-refractivity contribution in [3.8, 4) is 0 Å². The molecule has 8 heteroatoms. The molecule has 2 aromatic heterocycles. The van der Waals surface area contributed by atoms with Crippen molar-refractivity contribution < 1.29 is 0 Å². The average Bonchev–Trinajstić information content (AvgIpc) is 3.24. The molecule has 0 aliphatic rings. The summed E-state index contributed by atoms with van der Waals surface area (Å²) in [7, 11) is 0. The van der Waals surface area contributed by atoms with Crippen LogP contribution < -0.4 is 10.6 Å². The zero-order valence-corrected chi connectivity index (χ0v) is 15.4. The van der Waals surface area contributed by atoms with Crippen molar-refractivity contribution in [1.29, 1.82) is 0 Å². The molecule has 130 valence electrons. The van der Waals surface area contributed by atoms with Crippen LogP contribution in [0.25, 0.3) is 0 Å². The van der Waals surface area contributed by atoms with E-state index in [4.69, 9.17) is 23.8 Å². The van der Waals surface area contributed by atoms with Gasteiger partial charge in [0.25, 0.3) is 0 Å². The van der Waals surface area contributed by atoms with Crippen LogP contribution in [0.3, 0.4) is 0 Å². The van der Waals surface area contributed by atoms with Gasteiger partial charge >= 0.3 is 0 Å². The molecule has 25 heavy (non-hydrogen) atoms. The molecular formula is C17H19ClN6S. The number of aryl methyl sites for hydroxylation is 1. The van der Waals surface area contributed by atoms with Gasteiger partial charge in [-0.1, -0.05) is 23.7 Å². The lowest BCUT2D eigenvalue weighted by Crippen LogP contribution is -2.28. The van der Waals surface area contributed by atoms with E-state index in [1.807, 2.05) is 52.1 Å². The standard InChI is InChI=1S/C17H19ClN6S/c1-2-23-8-7-15(22-23)9-19-17(25)21-16-10-20-24(12-16)11-13-3-5-14(18)6-4-13/h3-8,10,12H,2,9,11H2,1H3,(H2,19,21,25). The number of hydrogen-bond donors (Lipinski definition) is 2. The number of benzene rings is 1. The minimum Gasteiger partial charge on any atom is -0.357 e. The van der Waals surface area contributed by atoms with Crippen LogP contribution in [0.4, 0.5) is 5.69 Å². The molecule has 0 saturated carbocycles. The smallest absolute Gasteiger partial charge is 0.171 e. The maximum Gasteiger partial charge on any atom is 0.171 e. The topological polar surface area (TPSA) is 59.7 Å². The zero-order valence-electron chi connectivity index (χ0n) is 13.8. The molecule has 0 amide bonds. The van der Waals surface area contributed by atoms with E-state index in [1.165, 1.54) is 0 Å². The van der Waals surface area contributed by atoms with Gasteiger partial charge in [-0.05, 0) is 42.9 Å². The molecule has 2 heterocycles. The van der Waals surface area contributed by atoms with Crippen molar-refractivity contribution >= 4 is 34.6 Å². The van der Waals surface area contributed by atoms with E-state index in [1.54, 1.807) is 6.20 Å². The summed E-state index contributed by atoms with van der Waals surface area (Å²) < 4.78 is 3.73. The molecular weight excluding hydrogens is 356 g/mol. The molecule has 0 saturated heterocycles. The molecule has 3 rings (SSSR count). The Kier molecular flexibility index (Phi) is 5.67. The lowest BCUT2D eigenvalue weighted by Gasteiger charge is -2.07. The summed E-state index contributed by atoms with van der Waals surface area (Å²) in [5.74, 6) is 0. The Hall–Kier alpha value is -2.38. The molecule has 2 N–H and O–H groups in total. The highest BCUT2D eigenvalue weighted by Gasteiger charge is 2.04. The van der Waals surface area contributed by atoms with Crippen LogP contribution in [0, 0.1) is 0 Å². The predicted octanol–water partition coefficient (Wildman–Crippen LogP) is 3.29. The number of hydrogen-bond acceptors (Lipinski definition) is 3. The Morgan fingerprint density at radius 3 is 2.72 bits per heavy atom. The van der Waals surface area contributed by atoms with Gasteiger partial charge in [0.05, 0.1) is 30.7 Å². The molecule has 0 aliphatic carbocycles. The molecule has 0 radical (unpaired) electrons. The van der Waals surface area contributed by atoms with Crippen LogP contribution in [0.15, 0.2) is 48.9 Å². The van der Waals surface area contributed by atoms with Gasteiger partial charge in [0.15, 0.2) is 5.11 Å². The first kappa shape index (κ1) is 17.4. The molecule has 0 unspecified atom stereocenters. The number of halogens is 1. The first-order valence-corrected chi connectivity index (χ1v) is 8.75. The SMILES string of the molecule is CCn1ccc(CNC(=S)Nc2cnn(Cc3ccc(Cl)cc3)c2)n1. The first-order valence-electron chi connectivity index (χ1n) is 7.96. The Balaban J connectivity index is 1.50.